The Balaban J connectivity index is 2.45. The lowest BCUT2D eigenvalue weighted by Crippen LogP contribution is -2.17. The topological polar surface area (TPSA) is 61.0 Å². The molecule has 0 saturated heterocycles. The smallest absolute Gasteiger partial charge is 0.405 e. The highest BCUT2D eigenvalue weighted by Crippen LogP contribution is 2.32. The fraction of sp³-hybridized carbons (Fsp3) is 0.0909. The Morgan fingerprint density at radius 3 is 2.50 bits per heavy atom. The first-order valence-electron chi connectivity index (χ1n) is 4.88. The highest BCUT2D eigenvalue weighted by atomic mass is 19.4. The number of hydrogen-bond acceptors (Lipinski definition) is 4. The van der Waals surface area contributed by atoms with Crippen molar-refractivity contribution >= 4 is 5.82 Å². The molecule has 1 aromatic carbocycles. The summed E-state index contributed by atoms with van der Waals surface area (Å²) in [5.41, 5.74) is 5.92. The van der Waals surface area contributed by atoms with Crippen LogP contribution in [0.2, 0.25) is 0 Å². The molecule has 0 aliphatic carbocycles. The quantitative estimate of drug-likeness (QED) is 0.896. The lowest BCUT2D eigenvalue weighted by atomic mass is 10.1. The van der Waals surface area contributed by atoms with Crippen LogP contribution in [0.4, 0.5) is 19.0 Å². The highest BCUT2D eigenvalue weighted by molar-refractivity contribution is 5.68. The summed E-state index contributed by atoms with van der Waals surface area (Å²) in [4.78, 5) is 7.54. The van der Waals surface area contributed by atoms with Crippen molar-refractivity contribution in [3.63, 3.8) is 0 Å². The molecule has 0 fully saturated rings. The van der Waals surface area contributed by atoms with Gasteiger partial charge < -0.3 is 10.5 Å². The second-order valence-corrected chi connectivity index (χ2v) is 3.37. The molecule has 0 atom stereocenters. The van der Waals surface area contributed by atoms with Gasteiger partial charge in [0.15, 0.2) is 0 Å². The number of para-hydroxylation sites is 1. The van der Waals surface area contributed by atoms with Gasteiger partial charge in [-0.05, 0) is 12.1 Å². The van der Waals surface area contributed by atoms with Crippen molar-refractivity contribution in [2.45, 2.75) is 6.36 Å². The Labute approximate surface area is 100 Å². The molecule has 0 unspecified atom stereocenters. The average molecular weight is 255 g/mol. The summed E-state index contributed by atoms with van der Waals surface area (Å²) in [6.07, 6.45) is -3.58. The first kappa shape index (κ1) is 12.2. The molecule has 0 aliphatic rings. The minimum atomic E-state index is -4.76. The van der Waals surface area contributed by atoms with Crippen molar-refractivity contribution < 1.29 is 17.9 Å². The molecule has 0 aliphatic heterocycles. The average Bonchev–Trinajstić information content (AvgIpc) is 2.27. The van der Waals surface area contributed by atoms with Crippen molar-refractivity contribution in [3.8, 4) is 17.0 Å². The van der Waals surface area contributed by atoms with E-state index in [1.54, 1.807) is 6.07 Å². The molecule has 0 spiro atoms. The molecule has 0 radical (unpaired) electrons. The number of alkyl halides is 3. The number of nitrogens with two attached hydrogens (primary N) is 1. The maximum absolute atomic E-state index is 12.2. The molecule has 7 heteroatoms. The Morgan fingerprint density at radius 1 is 1.11 bits per heavy atom. The van der Waals surface area contributed by atoms with Crippen molar-refractivity contribution in [2.24, 2.45) is 0 Å². The van der Waals surface area contributed by atoms with Gasteiger partial charge in [-0.2, -0.15) is 0 Å². The third-order valence-electron chi connectivity index (χ3n) is 2.08. The fourth-order valence-corrected chi connectivity index (χ4v) is 1.41. The third kappa shape index (κ3) is 2.88. The van der Waals surface area contributed by atoms with E-state index in [1.807, 2.05) is 0 Å². The first-order chi connectivity index (χ1) is 8.46. The van der Waals surface area contributed by atoms with Crippen LogP contribution in [-0.2, 0) is 0 Å². The molecule has 0 amide bonds. The third-order valence-corrected chi connectivity index (χ3v) is 2.08. The van der Waals surface area contributed by atoms with E-state index in [0.717, 1.165) is 0 Å². The predicted molar refractivity (Wildman–Crippen MR) is 58.6 cm³/mol. The summed E-state index contributed by atoms with van der Waals surface area (Å²) in [5.74, 6) is -0.162. The van der Waals surface area contributed by atoms with Gasteiger partial charge in [0.1, 0.15) is 17.9 Å². The van der Waals surface area contributed by atoms with Crippen molar-refractivity contribution in [2.75, 3.05) is 5.73 Å². The van der Waals surface area contributed by atoms with Crippen LogP contribution < -0.4 is 10.5 Å². The number of benzene rings is 1. The summed E-state index contributed by atoms with van der Waals surface area (Å²) < 4.78 is 40.6. The predicted octanol–water partition coefficient (Wildman–Crippen LogP) is 2.62. The Hall–Kier alpha value is -2.31. The second-order valence-electron chi connectivity index (χ2n) is 3.37. The normalized spacial score (nSPS) is 11.3. The van der Waals surface area contributed by atoms with Gasteiger partial charge in [0.25, 0.3) is 0 Å². The van der Waals surface area contributed by atoms with Crippen LogP contribution in [0.3, 0.4) is 0 Å². The summed E-state index contributed by atoms with van der Waals surface area (Å²) in [6, 6.07) is 7.06. The minimum absolute atomic E-state index is 0.168. The van der Waals surface area contributed by atoms with Crippen LogP contribution >= 0.6 is 0 Å². The molecule has 2 aromatic rings. The summed E-state index contributed by atoms with van der Waals surface area (Å²) in [6.45, 7) is 0. The molecule has 18 heavy (non-hydrogen) atoms. The van der Waals surface area contributed by atoms with E-state index in [0.29, 0.717) is 0 Å². The van der Waals surface area contributed by atoms with E-state index in [9.17, 15) is 13.2 Å². The first-order valence-corrected chi connectivity index (χ1v) is 4.88. The van der Waals surface area contributed by atoms with Crippen molar-refractivity contribution in [1.29, 1.82) is 0 Å². The molecule has 0 bridgehead atoms. The molecular weight excluding hydrogens is 247 g/mol. The van der Waals surface area contributed by atoms with Crippen LogP contribution in [0, 0.1) is 0 Å². The van der Waals surface area contributed by atoms with Crippen LogP contribution in [0.15, 0.2) is 36.7 Å². The molecule has 94 valence electrons. The van der Waals surface area contributed by atoms with E-state index in [2.05, 4.69) is 14.7 Å². The number of aromatic nitrogens is 2. The number of ether oxygens (including phenoxy) is 1. The lowest BCUT2D eigenvalue weighted by molar-refractivity contribution is -0.274. The minimum Gasteiger partial charge on any atom is -0.405 e. The highest BCUT2D eigenvalue weighted by Gasteiger charge is 2.32. The Morgan fingerprint density at radius 2 is 1.83 bits per heavy atom. The number of nitrogens with zero attached hydrogens (tertiary/aromatic N) is 2. The number of halogens is 3. The molecule has 1 heterocycles. The van der Waals surface area contributed by atoms with E-state index >= 15 is 0 Å². The lowest BCUT2D eigenvalue weighted by Gasteiger charge is -2.12. The number of nitrogen functional groups attached to an aromatic ring is 1. The van der Waals surface area contributed by atoms with Gasteiger partial charge in [-0.25, -0.2) is 9.97 Å². The summed E-state index contributed by atoms with van der Waals surface area (Å²) >= 11 is 0. The molecule has 1 aromatic heterocycles. The fourth-order valence-electron chi connectivity index (χ4n) is 1.41. The van der Waals surface area contributed by atoms with Crippen LogP contribution in [0.1, 0.15) is 0 Å². The van der Waals surface area contributed by atoms with Gasteiger partial charge in [-0.1, -0.05) is 12.1 Å². The molecule has 2 N–H and O–H groups in total. The SMILES string of the molecule is Nc1cc(-c2ccccc2OC(F)(F)F)ncn1. The van der Waals surface area contributed by atoms with Gasteiger partial charge >= 0.3 is 6.36 Å². The zero-order valence-electron chi connectivity index (χ0n) is 8.98. The van der Waals surface area contributed by atoms with E-state index in [4.69, 9.17) is 5.73 Å². The largest absolute Gasteiger partial charge is 0.573 e. The molecule has 0 saturated carbocycles. The van der Waals surface area contributed by atoms with Crippen LogP contribution in [0.25, 0.3) is 11.3 Å². The van der Waals surface area contributed by atoms with Crippen molar-refractivity contribution in [1.82, 2.24) is 9.97 Å². The number of hydrogen-bond donors (Lipinski definition) is 1. The maximum Gasteiger partial charge on any atom is 0.573 e. The van der Waals surface area contributed by atoms with Crippen LogP contribution in [0.5, 0.6) is 5.75 Å². The zero-order chi connectivity index (χ0) is 13.2. The van der Waals surface area contributed by atoms with Gasteiger partial charge in [-0.3, -0.25) is 0 Å². The van der Waals surface area contributed by atoms with Crippen LogP contribution in [-0.4, -0.2) is 16.3 Å². The van der Waals surface area contributed by atoms with Crippen molar-refractivity contribution in [3.05, 3.63) is 36.7 Å². The van der Waals surface area contributed by atoms with Gasteiger partial charge in [0.05, 0.1) is 5.69 Å². The molecule has 2 rings (SSSR count). The monoisotopic (exact) mass is 255 g/mol. The van der Waals surface area contributed by atoms with Gasteiger partial charge in [0.2, 0.25) is 0 Å². The molecular formula is C11H8F3N3O. The van der Waals surface area contributed by atoms with E-state index in [-0.39, 0.29) is 22.8 Å². The number of rotatable bonds is 2. The number of anilines is 1. The zero-order valence-corrected chi connectivity index (χ0v) is 8.98. The summed E-state index contributed by atoms with van der Waals surface area (Å²) in [7, 11) is 0. The maximum atomic E-state index is 12.2. The Kier molecular flexibility index (Phi) is 3.05. The standard InChI is InChI=1S/C11H8F3N3O/c12-11(13,14)18-9-4-2-1-3-7(9)8-5-10(15)17-6-16-8/h1-6H,(H2,15,16,17). The van der Waals surface area contributed by atoms with E-state index in [1.165, 1.54) is 30.6 Å². The van der Waals surface area contributed by atoms with Gasteiger partial charge in [0, 0.05) is 11.6 Å². The van der Waals surface area contributed by atoms with E-state index < -0.39 is 6.36 Å². The van der Waals surface area contributed by atoms with Gasteiger partial charge in [-0.15, -0.1) is 13.2 Å². The summed E-state index contributed by atoms with van der Waals surface area (Å²) in [5, 5.41) is 0. The molecule has 4 nitrogen and oxygen atoms in total. The Bertz CT molecular complexity index is 557. The second kappa shape index (κ2) is 4.52.